The summed E-state index contributed by atoms with van der Waals surface area (Å²) >= 11 is 0.113. The molecule has 0 unspecified atom stereocenters. The molecule has 0 saturated heterocycles. The van der Waals surface area contributed by atoms with E-state index in [2.05, 4.69) is 115 Å². The monoisotopic (exact) mass is 615 g/mol. The summed E-state index contributed by atoms with van der Waals surface area (Å²) in [5.74, 6) is 0.714. The van der Waals surface area contributed by atoms with E-state index in [4.69, 9.17) is 15.0 Å². The van der Waals surface area contributed by atoms with Gasteiger partial charge in [0, 0.05) is 0 Å². The van der Waals surface area contributed by atoms with Gasteiger partial charge >= 0.3 is 245 Å². The molecule has 0 spiro atoms. The Hall–Kier alpha value is -5.15. The normalized spacial score (nSPS) is 11.3. The molecule has 4 heteroatoms. The van der Waals surface area contributed by atoms with E-state index in [0.717, 1.165) is 39.2 Å². The third-order valence-corrected chi connectivity index (χ3v) is 10.1. The fourth-order valence-corrected chi connectivity index (χ4v) is 8.01. The van der Waals surface area contributed by atoms with Crippen molar-refractivity contribution in [1.82, 2.24) is 15.0 Å². The quantitative estimate of drug-likeness (QED) is 0.181. The first kappa shape index (κ1) is 25.6. The van der Waals surface area contributed by atoms with Crippen molar-refractivity contribution in [2.24, 2.45) is 0 Å². The first-order valence-electron chi connectivity index (χ1n) is 14.3. The van der Waals surface area contributed by atoms with E-state index in [1.807, 2.05) is 36.4 Å². The van der Waals surface area contributed by atoms with Crippen LogP contribution in [-0.4, -0.2) is 29.5 Å². The molecule has 2 aromatic heterocycles. The summed E-state index contributed by atoms with van der Waals surface area (Å²) in [7, 11) is 0. The Bertz CT molecular complexity index is 2170. The van der Waals surface area contributed by atoms with Crippen LogP contribution in [-0.2, 0) is 0 Å². The fourth-order valence-electron chi connectivity index (χ4n) is 5.62. The molecule has 0 saturated carbocycles. The molecule has 0 amide bonds. The van der Waals surface area contributed by atoms with Crippen LogP contribution in [0.4, 0.5) is 0 Å². The van der Waals surface area contributed by atoms with Crippen molar-refractivity contribution in [2.45, 2.75) is 0 Å². The minimum atomic E-state index is 0.113. The molecular weight excluding hydrogens is 589 g/mol. The van der Waals surface area contributed by atoms with E-state index < -0.39 is 0 Å². The van der Waals surface area contributed by atoms with Gasteiger partial charge in [0.15, 0.2) is 0 Å². The Morgan fingerprint density at radius 3 is 1.67 bits per heavy atom. The van der Waals surface area contributed by atoms with Crippen molar-refractivity contribution in [2.75, 3.05) is 0 Å². The summed E-state index contributed by atoms with van der Waals surface area (Å²) in [4.78, 5) is 15.2. The zero-order valence-corrected chi connectivity index (χ0v) is 24.9. The third-order valence-electron chi connectivity index (χ3n) is 7.72. The van der Waals surface area contributed by atoms with E-state index in [9.17, 15) is 0 Å². The van der Waals surface area contributed by atoms with Gasteiger partial charge in [0.1, 0.15) is 0 Å². The third kappa shape index (κ3) is 4.87. The summed E-state index contributed by atoms with van der Waals surface area (Å²) in [6, 6.07) is 52.9. The molecule has 6 aromatic carbocycles. The minimum absolute atomic E-state index is 0.113. The number of benzene rings is 6. The van der Waals surface area contributed by atoms with Gasteiger partial charge in [-0.15, -0.1) is 0 Å². The summed E-state index contributed by atoms with van der Waals surface area (Å²) in [5, 5.41) is 2.53. The number of rotatable bonds is 5. The van der Waals surface area contributed by atoms with Gasteiger partial charge in [-0.2, -0.15) is 0 Å². The topological polar surface area (TPSA) is 38.7 Å². The molecule has 43 heavy (non-hydrogen) atoms. The molecule has 0 N–H and O–H groups in total. The van der Waals surface area contributed by atoms with Crippen LogP contribution in [0.3, 0.4) is 0 Å². The first-order chi connectivity index (χ1) is 21.3. The van der Waals surface area contributed by atoms with Crippen molar-refractivity contribution in [3.63, 3.8) is 0 Å². The second-order valence-electron chi connectivity index (χ2n) is 10.5. The molecule has 8 rings (SSSR count). The van der Waals surface area contributed by atoms with Gasteiger partial charge in [-0.05, 0) is 0 Å². The fraction of sp³-hybridized carbons (Fsp3) is 0. The van der Waals surface area contributed by atoms with E-state index in [1.54, 1.807) is 0 Å². The van der Waals surface area contributed by atoms with Crippen molar-refractivity contribution in [3.05, 3.63) is 152 Å². The second kappa shape index (κ2) is 10.9. The van der Waals surface area contributed by atoms with Gasteiger partial charge < -0.3 is 0 Å². The predicted octanol–water partition coefficient (Wildman–Crippen LogP) is 9.57. The summed E-state index contributed by atoms with van der Waals surface area (Å²) < 4.78 is 2.53. The average molecular weight is 615 g/mol. The SMILES string of the molecule is c1ccc(-c2cc(-c3ccccc3)nc(-c3cccc(-c4cccc5ccc6nc(-c7ccccc7)[se]c6c45)c3)n2)cc1. The Morgan fingerprint density at radius 2 is 1.00 bits per heavy atom. The van der Waals surface area contributed by atoms with Crippen LogP contribution < -0.4 is 0 Å². The number of aromatic nitrogens is 3. The Morgan fingerprint density at radius 1 is 0.419 bits per heavy atom. The molecule has 8 aromatic rings. The standard InChI is InChI=1S/C39H25N3Se/c1-4-12-26(13-5-1)34-25-35(27-14-6-2-7-15-27)41-38(40-34)31-20-10-19-30(24-31)32-21-11-18-28-22-23-33-37(36(28)32)43-39(42-33)29-16-8-3-9-17-29/h1-25H. The van der Waals surface area contributed by atoms with Gasteiger partial charge in [-0.3, -0.25) is 0 Å². The zero-order chi connectivity index (χ0) is 28.6. The van der Waals surface area contributed by atoms with Crippen LogP contribution in [0.5, 0.6) is 0 Å². The van der Waals surface area contributed by atoms with E-state index in [0.29, 0.717) is 5.82 Å². The number of nitrogens with zero attached hydrogens (tertiary/aromatic N) is 3. The van der Waals surface area contributed by atoms with Crippen molar-refractivity contribution in [1.29, 1.82) is 0 Å². The van der Waals surface area contributed by atoms with Crippen molar-refractivity contribution >= 4 is 35.1 Å². The maximum atomic E-state index is 5.07. The molecule has 3 nitrogen and oxygen atoms in total. The molecular formula is C39H25N3Se. The summed E-state index contributed by atoms with van der Waals surface area (Å²) in [6.45, 7) is 0. The predicted molar refractivity (Wildman–Crippen MR) is 179 cm³/mol. The number of hydrogen-bond donors (Lipinski definition) is 0. The summed E-state index contributed by atoms with van der Waals surface area (Å²) in [6.07, 6.45) is 0. The van der Waals surface area contributed by atoms with Gasteiger partial charge in [-0.1, -0.05) is 12.1 Å². The van der Waals surface area contributed by atoms with Crippen molar-refractivity contribution in [3.8, 4) is 55.2 Å². The van der Waals surface area contributed by atoms with E-state index in [-0.39, 0.29) is 14.5 Å². The average Bonchev–Trinajstić information content (AvgIpc) is 3.54. The van der Waals surface area contributed by atoms with Crippen LogP contribution in [0.2, 0.25) is 0 Å². The van der Waals surface area contributed by atoms with Crippen molar-refractivity contribution < 1.29 is 0 Å². The number of hydrogen-bond acceptors (Lipinski definition) is 3. The van der Waals surface area contributed by atoms with Gasteiger partial charge in [-0.25, -0.2) is 0 Å². The Labute approximate surface area is 255 Å². The van der Waals surface area contributed by atoms with Gasteiger partial charge in [0.25, 0.3) is 0 Å². The molecule has 0 radical (unpaired) electrons. The maximum absolute atomic E-state index is 5.07. The molecule has 0 aliphatic heterocycles. The second-order valence-corrected chi connectivity index (χ2v) is 12.6. The van der Waals surface area contributed by atoms with Crippen LogP contribution in [0, 0.1) is 0 Å². The Kier molecular flexibility index (Phi) is 6.49. The molecule has 202 valence electrons. The van der Waals surface area contributed by atoms with Crippen LogP contribution in [0.1, 0.15) is 0 Å². The number of fused-ring (bicyclic) bond motifs is 3. The van der Waals surface area contributed by atoms with E-state index in [1.165, 1.54) is 30.7 Å². The van der Waals surface area contributed by atoms with Crippen LogP contribution in [0.15, 0.2) is 152 Å². The Balaban J connectivity index is 1.29. The molecule has 0 aliphatic carbocycles. The summed E-state index contributed by atoms with van der Waals surface area (Å²) in [5.41, 5.74) is 9.60. The van der Waals surface area contributed by atoms with Crippen LogP contribution >= 0.6 is 0 Å². The molecule has 0 bridgehead atoms. The van der Waals surface area contributed by atoms with Gasteiger partial charge in [0.2, 0.25) is 0 Å². The molecule has 0 fully saturated rings. The zero-order valence-electron chi connectivity index (χ0n) is 23.2. The first-order valence-corrected chi connectivity index (χ1v) is 16.0. The van der Waals surface area contributed by atoms with Gasteiger partial charge in [0.05, 0.1) is 0 Å². The van der Waals surface area contributed by atoms with E-state index >= 15 is 0 Å². The molecule has 0 atom stereocenters. The molecule has 0 aliphatic rings. The molecule has 2 heterocycles. The van der Waals surface area contributed by atoms with Crippen LogP contribution in [0.25, 0.3) is 75.7 Å².